The van der Waals surface area contributed by atoms with E-state index in [1.807, 2.05) is 46.9 Å². The Morgan fingerprint density at radius 1 is 0.920 bits per heavy atom. The number of aromatic nitrogens is 4. The van der Waals surface area contributed by atoms with E-state index in [0.717, 1.165) is 12.0 Å². The average molecular weight is 351 g/mol. The fourth-order valence-corrected chi connectivity index (χ4v) is 2.88. The van der Waals surface area contributed by atoms with E-state index in [-0.39, 0.29) is 0 Å². The van der Waals surface area contributed by atoms with E-state index in [1.165, 1.54) is 5.56 Å². The monoisotopic (exact) mass is 350 g/mol. The molecule has 2 aromatic heterocycles. The molecule has 0 saturated carbocycles. The maximum absolute atomic E-state index is 6.32. The predicted octanol–water partition coefficient (Wildman–Crippen LogP) is 4.07. The van der Waals surface area contributed by atoms with Crippen molar-refractivity contribution in [3.63, 3.8) is 0 Å². The zero-order valence-electron chi connectivity index (χ0n) is 13.3. The van der Waals surface area contributed by atoms with Gasteiger partial charge in [-0.15, -0.1) is 10.2 Å². The Balaban J connectivity index is 1.65. The highest BCUT2D eigenvalue weighted by atomic mass is 35.5. The molecule has 0 fully saturated rings. The van der Waals surface area contributed by atoms with Gasteiger partial charge in [-0.2, -0.15) is 0 Å². The molecule has 2 heterocycles. The average Bonchev–Trinajstić information content (AvgIpc) is 3.08. The second kappa shape index (κ2) is 6.91. The van der Waals surface area contributed by atoms with Crippen LogP contribution in [0.3, 0.4) is 0 Å². The van der Waals surface area contributed by atoms with Crippen molar-refractivity contribution in [2.24, 2.45) is 0 Å². The molecule has 0 aliphatic rings. The third-order valence-electron chi connectivity index (χ3n) is 3.88. The number of hydrogen-bond acceptors (Lipinski definition) is 4. The normalized spacial score (nSPS) is 10.9. The van der Waals surface area contributed by atoms with Crippen LogP contribution < -0.4 is 4.74 Å². The third-order valence-corrected chi connectivity index (χ3v) is 4.21. The summed E-state index contributed by atoms with van der Waals surface area (Å²) in [4.78, 5) is 4.19. The molecule has 0 saturated heterocycles. The molecule has 25 heavy (non-hydrogen) atoms. The lowest BCUT2D eigenvalue weighted by molar-refractivity contribution is 0.304. The van der Waals surface area contributed by atoms with E-state index < -0.39 is 0 Å². The zero-order valence-corrected chi connectivity index (χ0v) is 14.1. The summed E-state index contributed by atoms with van der Waals surface area (Å²) in [5.41, 5.74) is 2.64. The maximum atomic E-state index is 6.32. The van der Waals surface area contributed by atoms with Crippen LogP contribution in [0.1, 0.15) is 5.56 Å². The Kier molecular flexibility index (Phi) is 4.31. The van der Waals surface area contributed by atoms with Gasteiger partial charge in [-0.25, -0.2) is 4.40 Å². The van der Waals surface area contributed by atoms with Crippen molar-refractivity contribution in [3.8, 4) is 17.3 Å². The lowest BCUT2D eigenvalue weighted by atomic mass is 10.2. The second-order valence-corrected chi connectivity index (χ2v) is 5.93. The van der Waals surface area contributed by atoms with Gasteiger partial charge in [0, 0.05) is 12.0 Å². The minimum absolute atomic E-state index is 0.533. The molecule has 4 rings (SSSR count). The van der Waals surface area contributed by atoms with Crippen LogP contribution in [0.15, 0.2) is 67.0 Å². The van der Waals surface area contributed by atoms with Gasteiger partial charge in [-0.1, -0.05) is 54.1 Å². The molecule has 124 valence electrons. The molecule has 0 atom stereocenters. The molecular weight excluding hydrogens is 336 g/mol. The first-order valence-electron chi connectivity index (χ1n) is 7.94. The Hall–Kier alpha value is -2.92. The van der Waals surface area contributed by atoms with Gasteiger partial charge >= 0.3 is 0 Å². The number of halogens is 1. The number of rotatable bonds is 5. The molecule has 0 aliphatic carbocycles. The van der Waals surface area contributed by atoms with Crippen LogP contribution in [-0.2, 0) is 6.42 Å². The van der Waals surface area contributed by atoms with Gasteiger partial charge in [0.05, 0.1) is 24.0 Å². The van der Waals surface area contributed by atoms with Crippen LogP contribution >= 0.6 is 11.6 Å². The van der Waals surface area contributed by atoms with E-state index in [0.29, 0.717) is 29.0 Å². The van der Waals surface area contributed by atoms with Crippen LogP contribution in [0.4, 0.5) is 0 Å². The van der Waals surface area contributed by atoms with Crippen LogP contribution in [-0.4, -0.2) is 26.2 Å². The summed E-state index contributed by atoms with van der Waals surface area (Å²) >= 11 is 6.32. The van der Waals surface area contributed by atoms with E-state index in [9.17, 15) is 0 Å². The van der Waals surface area contributed by atoms with Crippen molar-refractivity contribution in [1.29, 1.82) is 0 Å². The van der Waals surface area contributed by atoms with Gasteiger partial charge in [0.1, 0.15) is 0 Å². The van der Waals surface area contributed by atoms with Crippen molar-refractivity contribution < 1.29 is 4.74 Å². The van der Waals surface area contributed by atoms with Gasteiger partial charge in [-0.05, 0) is 17.7 Å². The predicted molar refractivity (Wildman–Crippen MR) is 96.9 cm³/mol. The highest BCUT2D eigenvalue weighted by Gasteiger charge is 2.15. The van der Waals surface area contributed by atoms with Crippen LogP contribution in [0, 0.1) is 0 Å². The van der Waals surface area contributed by atoms with E-state index in [1.54, 1.807) is 12.4 Å². The topological polar surface area (TPSA) is 52.3 Å². The van der Waals surface area contributed by atoms with Crippen LogP contribution in [0.25, 0.3) is 17.0 Å². The fourth-order valence-electron chi connectivity index (χ4n) is 2.66. The lowest BCUT2D eigenvalue weighted by Crippen LogP contribution is -2.06. The van der Waals surface area contributed by atoms with Crippen molar-refractivity contribution in [1.82, 2.24) is 19.6 Å². The molecule has 0 unspecified atom stereocenters. The maximum Gasteiger partial charge on any atom is 0.220 e. The van der Waals surface area contributed by atoms with Gasteiger partial charge in [-0.3, -0.25) is 4.98 Å². The summed E-state index contributed by atoms with van der Waals surface area (Å²) in [6, 6.07) is 17.7. The summed E-state index contributed by atoms with van der Waals surface area (Å²) < 4.78 is 7.79. The largest absolute Gasteiger partial charge is 0.477 e. The molecule has 0 aliphatic heterocycles. The van der Waals surface area contributed by atoms with Gasteiger partial charge < -0.3 is 4.74 Å². The SMILES string of the molecule is Clc1ccccc1-c1nnc2cncc(OCCc3ccccc3)n12. The molecular formula is C19H15ClN4O. The second-order valence-electron chi connectivity index (χ2n) is 5.53. The molecule has 0 bridgehead atoms. The first kappa shape index (κ1) is 15.6. The Labute approximate surface area is 149 Å². The molecule has 0 spiro atoms. The summed E-state index contributed by atoms with van der Waals surface area (Å²) in [5, 5.41) is 9.05. The highest BCUT2D eigenvalue weighted by Crippen LogP contribution is 2.28. The van der Waals surface area contributed by atoms with Crippen molar-refractivity contribution in [3.05, 3.63) is 77.6 Å². The highest BCUT2D eigenvalue weighted by molar-refractivity contribution is 6.33. The molecule has 2 aromatic carbocycles. The molecule has 5 nitrogen and oxygen atoms in total. The minimum atomic E-state index is 0.533. The minimum Gasteiger partial charge on any atom is -0.477 e. The van der Waals surface area contributed by atoms with Crippen LogP contribution in [0.5, 0.6) is 5.88 Å². The summed E-state index contributed by atoms with van der Waals surface area (Å²) in [6.45, 7) is 0.533. The molecule has 6 heteroatoms. The smallest absolute Gasteiger partial charge is 0.220 e. The molecule has 4 aromatic rings. The molecule has 0 N–H and O–H groups in total. The van der Waals surface area contributed by atoms with Crippen molar-refractivity contribution in [2.75, 3.05) is 6.61 Å². The van der Waals surface area contributed by atoms with Crippen molar-refractivity contribution >= 4 is 17.2 Å². The van der Waals surface area contributed by atoms with E-state index in [2.05, 4.69) is 27.3 Å². The van der Waals surface area contributed by atoms with E-state index >= 15 is 0 Å². The molecule has 0 amide bonds. The first-order chi connectivity index (χ1) is 12.3. The Morgan fingerprint density at radius 2 is 1.72 bits per heavy atom. The third kappa shape index (κ3) is 3.19. The van der Waals surface area contributed by atoms with Crippen LogP contribution in [0.2, 0.25) is 5.02 Å². The quantitative estimate of drug-likeness (QED) is 0.544. The number of hydrogen-bond donors (Lipinski definition) is 0. The number of benzene rings is 2. The number of ether oxygens (including phenoxy) is 1. The Bertz CT molecular complexity index is 1000. The fraction of sp³-hybridized carbons (Fsp3) is 0.105. The Morgan fingerprint density at radius 3 is 2.56 bits per heavy atom. The summed E-state index contributed by atoms with van der Waals surface area (Å²) in [5.74, 6) is 1.23. The first-order valence-corrected chi connectivity index (χ1v) is 8.31. The summed E-state index contributed by atoms with van der Waals surface area (Å²) in [6.07, 6.45) is 4.12. The van der Waals surface area contributed by atoms with Gasteiger partial charge in [0.2, 0.25) is 5.88 Å². The lowest BCUT2D eigenvalue weighted by Gasteiger charge is -2.10. The standard InChI is InChI=1S/C19H15ClN4O/c20-16-9-5-4-8-15(16)19-23-22-17-12-21-13-18(24(17)19)25-11-10-14-6-2-1-3-7-14/h1-9,12-13H,10-11H2. The van der Waals surface area contributed by atoms with Gasteiger partial charge in [0.15, 0.2) is 11.5 Å². The van der Waals surface area contributed by atoms with E-state index in [4.69, 9.17) is 16.3 Å². The summed E-state index contributed by atoms with van der Waals surface area (Å²) in [7, 11) is 0. The van der Waals surface area contributed by atoms with Gasteiger partial charge in [0.25, 0.3) is 0 Å². The molecule has 0 radical (unpaired) electrons. The number of fused-ring (bicyclic) bond motifs is 1. The van der Waals surface area contributed by atoms with Crippen molar-refractivity contribution in [2.45, 2.75) is 6.42 Å². The zero-order chi connectivity index (χ0) is 17.1. The number of nitrogens with zero attached hydrogens (tertiary/aromatic N) is 4.